The highest BCUT2D eigenvalue weighted by atomic mass is 35.5. The number of carbonyl (C=O) groups is 1. The van der Waals surface area contributed by atoms with Crippen molar-refractivity contribution in [3.63, 3.8) is 0 Å². The topological polar surface area (TPSA) is 42.0 Å². The Balaban J connectivity index is 1.86. The molecule has 16 heavy (non-hydrogen) atoms. The van der Waals surface area contributed by atoms with Gasteiger partial charge in [0.15, 0.2) is 0 Å². The number of nitrogens with one attached hydrogen (secondary N) is 1. The lowest BCUT2D eigenvalue weighted by Gasteiger charge is -2.08. The van der Waals surface area contributed by atoms with Crippen LogP contribution in [-0.4, -0.2) is 10.9 Å². The predicted molar refractivity (Wildman–Crippen MR) is 64.5 cm³/mol. The number of anilines is 1. The van der Waals surface area contributed by atoms with Crippen LogP contribution in [0.3, 0.4) is 0 Å². The molecule has 0 radical (unpaired) electrons. The van der Waals surface area contributed by atoms with E-state index in [1.165, 1.54) is 25.7 Å². The zero-order valence-corrected chi connectivity index (χ0v) is 9.83. The first-order valence-electron chi connectivity index (χ1n) is 5.66. The fourth-order valence-corrected chi connectivity index (χ4v) is 2.31. The maximum atomic E-state index is 11.7. The standard InChI is InChI=1S/C12H15ClN2O/c13-10-6-3-7-11(14-10)15-12(16)8-9-4-1-2-5-9/h3,6-7,9H,1-2,4-5,8H2,(H,14,15,16). The Hall–Kier alpha value is -1.09. The van der Waals surface area contributed by atoms with Crippen LogP contribution in [0.2, 0.25) is 5.15 Å². The summed E-state index contributed by atoms with van der Waals surface area (Å²) >= 11 is 5.74. The van der Waals surface area contributed by atoms with E-state index >= 15 is 0 Å². The van der Waals surface area contributed by atoms with Crippen LogP contribution in [0.25, 0.3) is 0 Å². The van der Waals surface area contributed by atoms with Crippen molar-refractivity contribution in [2.24, 2.45) is 5.92 Å². The van der Waals surface area contributed by atoms with E-state index in [0.717, 1.165) is 0 Å². The second-order valence-corrected chi connectivity index (χ2v) is 4.64. The molecule has 1 aliphatic rings. The molecule has 1 fully saturated rings. The lowest BCUT2D eigenvalue weighted by molar-refractivity contribution is -0.117. The van der Waals surface area contributed by atoms with Crippen molar-refractivity contribution < 1.29 is 4.79 Å². The molecule has 1 N–H and O–H groups in total. The summed E-state index contributed by atoms with van der Waals surface area (Å²) in [6, 6.07) is 5.22. The molecule has 0 saturated heterocycles. The van der Waals surface area contributed by atoms with Crippen LogP contribution >= 0.6 is 11.6 Å². The number of rotatable bonds is 3. The molecule has 1 heterocycles. The Morgan fingerprint density at radius 3 is 2.88 bits per heavy atom. The highest BCUT2D eigenvalue weighted by Crippen LogP contribution is 2.27. The summed E-state index contributed by atoms with van der Waals surface area (Å²) < 4.78 is 0. The van der Waals surface area contributed by atoms with Crippen LogP contribution in [0.5, 0.6) is 0 Å². The van der Waals surface area contributed by atoms with E-state index in [9.17, 15) is 4.79 Å². The highest BCUT2D eigenvalue weighted by Gasteiger charge is 2.18. The molecule has 1 saturated carbocycles. The maximum absolute atomic E-state index is 11.7. The van der Waals surface area contributed by atoms with Gasteiger partial charge in [0, 0.05) is 6.42 Å². The first kappa shape index (κ1) is 11.4. The minimum atomic E-state index is 0.0432. The van der Waals surface area contributed by atoms with Crippen molar-refractivity contribution in [2.45, 2.75) is 32.1 Å². The molecule has 0 aliphatic heterocycles. The average molecular weight is 239 g/mol. The van der Waals surface area contributed by atoms with Gasteiger partial charge in [0.1, 0.15) is 11.0 Å². The molecule has 0 aromatic carbocycles. The van der Waals surface area contributed by atoms with E-state index in [0.29, 0.717) is 23.3 Å². The summed E-state index contributed by atoms with van der Waals surface area (Å²) in [4.78, 5) is 15.7. The third kappa shape index (κ3) is 3.20. The van der Waals surface area contributed by atoms with Gasteiger partial charge >= 0.3 is 0 Å². The lowest BCUT2D eigenvalue weighted by atomic mass is 10.0. The van der Waals surface area contributed by atoms with Crippen LogP contribution in [0.15, 0.2) is 18.2 Å². The molecule has 0 atom stereocenters. The first-order valence-corrected chi connectivity index (χ1v) is 6.04. The number of hydrogen-bond acceptors (Lipinski definition) is 2. The normalized spacial score (nSPS) is 16.3. The quantitative estimate of drug-likeness (QED) is 0.822. The largest absolute Gasteiger partial charge is 0.311 e. The Labute approximate surface area is 100 Å². The van der Waals surface area contributed by atoms with E-state index in [-0.39, 0.29) is 5.91 Å². The number of halogens is 1. The molecular weight excluding hydrogens is 224 g/mol. The second-order valence-electron chi connectivity index (χ2n) is 4.25. The number of nitrogens with zero attached hydrogens (tertiary/aromatic N) is 1. The minimum Gasteiger partial charge on any atom is -0.311 e. The molecule has 1 aliphatic carbocycles. The van der Waals surface area contributed by atoms with Gasteiger partial charge in [-0.15, -0.1) is 0 Å². The van der Waals surface area contributed by atoms with Crippen LogP contribution in [0, 0.1) is 5.92 Å². The molecule has 1 aromatic rings. The summed E-state index contributed by atoms with van der Waals surface area (Å²) in [5, 5.41) is 3.18. The van der Waals surface area contributed by atoms with Gasteiger partial charge in [-0.25, -0.2) is 4.98 Å². The van der Waals surface area contributed by atoms with Gasteiger partial charge in [0.05, 0.1) is 0 Å². The minimum absolute atomic E-state index is 0.0432. The number of aromatic nitrogens is 1. The molecule has 1 amide bonds. The van der Waals surface area contributed by atoms with Crippen LogP contribution in [-0.2, 0) is 4.79 Å². The Morgan fingerprint density at radius 1 is 1.44 bits per heavy atom. The molecule has 1 aromatic heterocycles. The van der Waals surface area contributed by atoms with Crippen molar-refractivity contribution >= 4 is 23.3 Å². The fourth-order valence-electron chi connectivity index (χ4n) is 2.15. The van der Waals surface area contributed by atoms with Gasteiger partial charge in [0.25, 0.3) is 0 Å². The lowest BCUT2D eigenvalue weighted by Crippen LogP contribution is -2.15. The number of hydrogen-bond donors (Lipinski definition) is 1. The van der Waals surface area contributed by atoms with Gasteiger partial charge in [-0.1, -0.05) is 30.5 Å². The number of pyridine rings is 1. The van der Waals surface area contributed by atoms with Crippen LogP contribution < -0.4 is 5.32 Å². The van der Waals surface area contributed by atoms with E-state index in [1.807, 2.05) is 0 Å². The molecule has 0 bridgehead atoms. The van der Waals surface area contributed by atoms with Crippen molar-refractivity contribution in [2.75, 3.05) is 5.32 Å². The average Bonchev–Trinajstić information content (AvgIpc) is 2.70. The smallest absolute Gasteiger partial charge is 0.225 e. The number of amides is 1. The van der Waals surface area contributed by atoms with E-state index in [2.05, 4.69) is 10.3 Å². The van der Waals surface area contributed by atoms with E-state index in [1.54, 1.807) is 18.2 Å². The summed E-state index contributed by atoms with van der Waals surface area (Å²) in [5.74, 6) is 1.14. The summed E-state index contributed by atoms with van der Waals surface area (Å²) in [6.45, 7) is 0. The molecule has 0 unspecified atom stereocenters. The van der Waals surface area contributed by atoms with E-state index < -0.39 is 0 Å². The Kier molecular flexibility index (Phi) is 3.78. The molecule has 4 heteroatoms. The third-order valence-corrected chi connectivity index (χ3v) is 3.14. The molecule has 86 valence electrons. The monoisotopic (exact) mass is 238 g/mol. The van der Waals surface area contributed by atoms with Gasteiger partial charge in [-0.3, -0.25) is 4.79 Å². The summed E-state index contributed by atoms with van der Waals surface area (Å²) in [7, 11) is 0. The third-order valence-electron chi connectivity index (χ3n) is 2.93. The van der Waals surface area contributed by atoms with Gasteiger partial charge in [-0.05, 0) is 30.9 Å². The second kappa shape index (κ2) is 5.30. The highest BCUT2D eigenvalue weighted by molar-refractivity contribution is 6.29. The van der Waals surface area contributed by atoms with Crippen molar-refractivity contribution in [1.82, 2.24) is 4.98 Å². The summed E-state index contributed by atoms with van der Waals surface area (Å²) in [5.41, 5.74) is 0. The molecule has 2 rings (SSSR count). The van der Waals surface area contributed by atoms with Crippen LogP contribution in [0.1, 0.15) is 32.1 Å². The number of carbonyl (C=O) groups excluding carboxylic acids is 1. The molecule has 3 nitrogen and oxygen atoms in total. The maximum Gasteiger partial charge on any atom is 0.225 e. The first-order chi connectivity index (χ1) is 7.74. The van der Waals surface area contributed by atoms with Crippen molar-refractivity contribution in [3.8, 4) is 0 Å². The Morgan fingerprint density at radius 2 is 2.19 bits per heavy atom. The van der Waals surface area contributed by atoms with Gasteiger partial charge in [0.2, 0.25) is 5.91 Å². The zero-order valence-electron chi connectivity index (χ0n) is 9.08. The van der Waals surface area contributed by atoms with Gasteiger partial charge in [-0.2, -0.15) is 0 Å². The zero-order chi connectivity index (χ0) is 11.4. The Bertz CT molecular complexity index is 375. The van der Waals surface area contributed by atoms with Crippen molar-refractivity contribution in [1.29, 1.82) is 0 Å². The predicted octanol–water partition coefficient (Wildman–Crippen LogP) is 3.25. The van der Waals surface area contributed by atoms with Crippen LogP contribution in [0.4, 0.5) is 5.82 Å². The molecular formula is C12H15ClN2O. The summed E-state index contributed by atoms with van der Waals surface area (Å²) in [6.07, 6.45) is 5.47. The fraction of sp³-hybridized carbons (Fsp3) is 0.500. The SMILES string of the molecule is O=C(CC1CCCC1)Nc1cccc(Cl)n1. The van der Waals surface area contributed by atoms with E-state index in [4.69, 9.17) is 11.6 Å². The molecule has 0 spiro atoms. The van der Waals surface area contributed by atoms with Gasteiger partial charge < -0.3 is 5.32 Å². The van der Waals surface area contributed by atoms with Crippen molar-refractivity contribution in [3.05, 3.63) is 23.4 Å².